The lowest BCUT2D eigenvalue weighted by molar-refractivity contribution is -0.872. The largest absolute Gasteiger partial charge is 0.350 e. The molecule has 2 rings (SSSR count). The van der Waals surface area contributed by atoms with Crippen molar-refractivity contribution in [2.45, 2.75) is 13.1 Å². The number of halogens is 1. The summed E-state index contributed by atoms with van der Waals surface area (Å²) in [5, 5.41) is 5.71. The van der Waals surface area contributed by atoms with E-state index in [1.165, 1.54) is 22.7 Å². The van der Waals surface area contributed by atoms with Crippen LogP contribution in [0.5, 0.6) is 0 Å². The van der Waals surface area contributed by atoms with Crippen LogP contribution in [0.25, 0.3) is 0 Å². The van der Waals surface area contributed by atoms with Gasteiger partial charge in [-0.15, -0.1) is 0 Å². The lowest BCUT2D eigenvalue weighted by Gasteiger charge is -2.09. The minimum absolute atomic E-state index is 0.116. The van der Waals surface area contributed by atoms with Gasteiger partial charge in [0.05, 0.1) is 20.6 Å². The van der Waals surface area contributed by atoms with E-state index < -0.39 is 5.91 Å². The van der Waals surface area contributed by atoms with E-state index in [2.05, 4.69) is 41.8 Å². The van der Waals surface area contributed by atoms with Crippen molar-refractivity contribution >= 4 is 23.4 Å². The van der Waals surface area contributed by atoms with Gasteiger partial charge in [0, 0.05) is 23.3 Å². The summed E-state index contributed by atoms with van der Waals surface area (Å²) in [7, 11) is 4.20. The first-order chi connectivity index (χ1) is 11.9. The van der Waals surface area contributed by atoms with Crippen LogP contribution in [-0.4, -0.2) is 37.4 Å². The molecule has 0 aliphatic rings. The van der Waals surface area contributed by atoms with Crippen LogP contribution in [-0.2, 0) is 17.9 Å². The second kappa shape index (κ2) is 9.15. The molecule has 0 fully saturated rings. The van der Waals surface area contributed by atoms with Gasteiger partial charge < -0.3 is 15.5 Å². The van der Waals surface area contributed by atoms with Gasteiger partial charge in [0.2, 0.25) is 5.91 Å². The fourth-order valence-electron chi connectivity index (χ4n) is 2.23. The molecule has 0 aliphatic carbocycles. The van der Waals surface area contributed by atoms with Gasteiger partial charge in [0.25, 0.3) is 5.91 Å². The summed E-state index contributed by atoms with van der Waals surface area (Å²) in [5.41, 5.74) is 2.43. The Bertz CT molecular complexity index is 732. The Morgan fingerprint density at radius 2 is 1.76 bits per heavy atom. The smallest absolute Gasteiger partial charge is 0.270 e. The van der Waals surface area contributed by atoms with Crippen molar-refractivity contribution in [1.82, 2.24) is 15.6 Å². The van der Waals surface area contributed by atoms with Gasteiger partial charge in [-0.1, -0.05) is 35.9 Å². The molecule has 0 aliphatic heterocycles. The fraction of sp³-hybridized carbons (Fsp3) is 0.278. The van der Waals surface area contributed by atoms with Crippen LogP contribution in [0.3, 0.4) is 0 Å². The van der Waals surface area contributed by atoms with E-state index in [1.54, 1.807) is 6.07 Å². The molecule has 0 atom stereocenters. The summed E-state index contributed by atoms with van der Waals surface area (Å²) in [6.45, 7) is 1.25. The van der Waals surface area contributed by atoms with Gasteiger partial charge in [-0.3, -0.25) is 14.6 Å². The first-order valence-corrected chi connectivity index (χ1v) is 8.35. The van der Waals surface area contributed by atoms with Crippen molar-refractivity contribution in [2.75, 3.05) is 20.6 Å². The van der Waals surface area contributed by atoms with E-state index in [1.807, 2.05) is 12.1 Å². The summed E-state index contributed by atoms with van der Waals surface area (Å²) >= 11 is 5.81. The Labute approximate surface area is 152 Å². The molecule has 7 heteroatoms. The van der Waals surface area contributed by atoms with Crippen LogP contribution < -0.4 is 15.5 Å². The van der Waals surface area contributed by atoms with Crippen LogP contribution in [0.4, 0.5) is 0 Å². The molecule has 132 valence electrons. The average Bonchev–Trinajstić information content (AvgIpc) is 2.58. The van der Waals surface area contributed by atoms with Crippen LogP contribution in [0.2, 0.25) is 5.02 Å². The van der Waals surface area contributed by atoms with Gasteiger partial charge in [-0.05, 0) is 17.7 Å². The second-order valence-corrected chi connectivity index (χ2v) is 6.46. The number of nitrogens with one attached hydrogen (secondary N) is 3. The molecule has 0 bridgehead atoms. The zero-order valence-corrected chi connectivity index (χ0v) is 15.1. The first-order valence-electron chi connectivity index (χ1n) is 7.97. The summed E-state index contributed by atoms with van der Waals surface area (Å²) < 4.78 is 0. The maximum absolute atomic E-state index is 11.9. The van der Waals surface area contributed by atoms with Crippen LogP contribution in [0.15, 0.2) is 42.6 Å². The summed E-state index contributed by atoms with van der Waals surface area (Å²) in [6.07, 6.45) is 1.44. The van der Waals surface area contributed by atoms with Crippen molar-refractivity contribution in [2.24, 2.45) is 0 Å². The Balaban J connectivity index is 1.76. The van der Waals surface area contributed by atoms with E-state index >= 15 is 0 Å². The Hall–Kier alpha value is -2.44. The van der Waals surface area contributed by atoms with Crippen LogP contribution >= 0.6 is 11.6 Å². The molecule has 2 aromatic rings. The predicted molar refractivity (Wildman–Crippen MR) is 96.4 cm³/mol. The molecule has 0 saturated carbocycles. The highest BCUT2D eigenvalue weighted by Crippen LogP contribution is 2.07. The van der Waals surface area contributed by atoms with Crippen molar-refractivity contribution < 1.29 is 14.5 Å². The van der Waals surface area contributed by atoms with Gasteiger partial charge in [0.1, 0.15) is 12.2 Å². The molecule has 1 heterocycles. The monoisotopic (exact) mass is 361 g/mol. The van der Waals surface area contributed by atoms with Crippen molar-refractivity contribution in [3.63, 3.8) is 0 Å². The number of pyridine rings is 1. The molecule has 1 aromatic carbocycles. The Kier molecular flexibility index (Phi) is 6.91. The minimum Gasteiger partial charge on any atom is -0.350 e. The van der Waals surface area contributed by atoms with E-state index in [0.717, 1.165) is 12.1 Å². The quantitative estimate of drug-likeness (QED) is 0.669. The molecule has 25 heavy (non-hydrogen) atoms. The zero-order chi connectivity index (χ0) is 18.2. The molecular formula is C18H22ClN4O2+. The number of amides is 2. The first kappa shape index (κ1) is 18.9. The second-order valence-electron chi connectivity index (χ2n) is 6.02. The van der Waals surface area contributed by atoms with Crippen molar-refractivity contribution in [1.29, 1.82) is 0 Å². The number of hydrogen-bond acceptors (Lipinski definition) is 3. The fourth-order valence-corrected chi connectivity index (χ4v) is 2.39. The molecule has 0 spiro atoms. The Morgan fingerprint density at radius 1 is 1.08 bits per heavy atom. The normalized spacial score (nSPS) is 10.6. The SMILES string of the molecule is C[NH+](C)Cc1ccc(CNC(=O)CNC(=O)c2cc(Cl)ccn2)cc1. The number of quaternary nitrogens is 1. The third-order valence-electron chi connectivity index (χ3n) is 3.43. The summed E-state index contributed by atoms with van der Waals surface area (Å²) in [6, 6.07) is 11.1. The highest BCUT2D eigenvalue weighted by atomic mass is 35.5. The van der Waals surface area contributed by atoms with Gasteiger partial charge in [0.15, 0.2) is 0 Å². The summed E-state index contributed by atoms with van der Waals surface area (Å²) in [4.78, 5) is 29.0. The molecule has 6 nitrogen and oxygen atoms in total. The number of hydrogen-bond donors (Lipinski definition) is 3. The predicted octanol–water partition coefficient (Wildman–Crippen LogP) is 0.426. The maximum atomic E-state index is 11.9. The van der Waals surface area contributed by atoms with E-state index in [-0.39, 0.29) is 18.1 Å². The van der Waals surface area contributed by atoms with Gasteiger partial charge in [-0.25, -0.2) is 0 Å². The van der Waals surface area contributed by atoms with E-state index in [4.69, 9.17) is 11.6 Å². The van der Waals surface area contributed by atoms with Crippen molar-refractivity contribution in [3.05, 3.63) is 64.4 Å². The molecule has 0 saturated heterocycles. The molecule has 0 radical (unpaired) electrons. The number of carbonyl (C=O) groups is 2. The topological polar surface area (TPSA) is 75.5 Å². The van der Waals surface area contributed by atoms with Crippen LogP contribution in [0.1, 0.15) is 21.6 Å². The Morgan fingerprint density at radius 3 is 2.40 bits per heavy atom. The van der Waals surface area contributed by atoms with E-state index in [9.17, 15) is 9.59 Å². The lowest BCUT2D eigenvalue weighted by Crippen LogP contribution is -3.04. The number of aromatic nitrogens is 1. The third kappa shape index (κ3) is 6.52. The molecular weight excluding hydrogens is 340 g/mol. The molecule has 1 aromatic heterocycles. The van der Waals surface area contributed by atoms with Gasteiger partial charge >= 0.3 is 0 Å². The zero-order valence-electron chi connectivity index (χ0n) is 14.3. The minimum atomic E-state index is -0.437. The number of nitrogens with zero attached hydrogens (tertiary/aromatic N) is 1. The average molecular weight is 362 g/mol. The van der Waals surface area contributed by atoms with Crippen LogP contribution in [0, 0.1) is 0 Å². The number of benzene rings is 1. The standard InChI is InChI=1S/C18H21ClN4O2/c1-23(2)12-14-5-3-13(4-6-14)10-21-17(24)11-22-18(25)16-9-15(19)7-8-20-16/h3-9H,10-12H2,1-2H3,(H,21,24)(H,22,25)/p+1. The highest BCUT2D eigenvalue weighted by Gasteiger charge is 2.09. The lowest BCUT2D eigenvalue weighted by atomic mass is 10.1. The third-order valence-corrected chi connectivity index (χ3v) is 3.67. The van der Waals surface area contributed by atoms with Crippen molar-refractivity contribution in [3.8, 4) is 0 Å². The molecule has 0 unspecified atom stereocenters. The summed E-state index contributed by atoms with van der Waals surface area (Å²) in [5.74, 6) is -0.703. The van der Waals surface area contributed by atoms with E-state index in [0.29, 0.717) is 11.6 Å². The molecule has 3 N–H and O–H groups in total. The maximum Gasteiger partial charge on any atom is 0.270 e. The number of rotatable bonds is 7. The molecule has 2 amide bonds. The van der Waals surface area contributed by atoms with Gasteiger partial charge in [-0.2, -0.15) is 0 Å². The highest BCUT2D eigenvalue weighted by molar-refractivity contribution is 6.30. The number of carbonyl (C=O) groups excluding carboxylic acids is 2.